The lowest BCUT2D eigenvalue weighted by Crippen LogP contribution is -2.02. The highest BCUT2D eigenvalue weighted by molar-refractivity contribution is 6.05. The summed E-state index contributed by atoms with van der Waals surface area (Å²) in [7, 11) is 1.40. The number of esters is 1. The van der Waals surface area contributed by atoms with Crippen LogP contribution in [0, 0.1) is 6.92 Å². The minimum absolute atomic E-state index is 0.286. The van der Waals surface area contributed by atoms with E-state index < -0.39 is 0 Å². The van der Waals surface area contributed by atoms with E-state index in [4.69, 9.17) is 4.74 Å². The van der Waals surface area contributed by atoms with Gasteiger partial charge in [-0.3, -0.25) is 0 Å². The van der Waals surface area contributed by atoms with Gasteiger partial charge in [0.1, 0.15) is 0 Å². The summed E-state index contributed by atoms with van der Waals surface area (Å²) < 4.78 is 4.75. The fraction of sp³-hybridized carbons (Fsp3) is 0.154. The third-order valence-electron chi connectivity index (χ3n) is 2.55. The monoisotopic (exact) mass is 200 g/mol. The summed E-state index contributed by atoms with van der Waals surface area (Å²) in [5, 5.41) is 2.05. The van der Waals surface area contributed by atoms with Crippen molar-refractivity contribution in [2.24, 2.45) is 0 Å². The first-order chi connectivity index (χ1) is 7.24. The van der Waals surface area contributed by atoms with Crippen molar-refractivity contribution >= 4 is 16.7 Å². The SMILES string of the molecule is COC(=O)c1ccc(C)c2ccccc12. The number of benzene rings is 2. The van der Waals surface area contributed by atoms with Crippen LogP contribution in [0.4, 0.5) is 0 Å². The third kappa shape index (κ3) is 1.59. The standard InChI is InChI=1S/C13H12O2/c1-9-7-8-12(13(14)15-2)11-6-4-3-5-10(9)11/h3-8H,1-2H3. The number of hydrogen-bond acceptors (Lipinski definition) is 2. The Balaban J connectivity index is 2.77. The molecule has 2 aromatic rings. The molecule has 0 atom stereocenters. The fourth-order valence-corrected chi connectivity index (χ4v) is 1.74. The Bertz CT molecular complexity index is 515. The van der Waals surface area contributed by atoms with Gasteiger partial charge in [-0.05, 0) is 29.3 Å². The molecule has 0 aliphatic rings. The summed E-state index contributed by atoms with van der Waals surface area (Å²) >= 11 is 0. The van der Waals surface area contributed by atoms with E-state index in [1.54, 1.807) is 0 Å². The van der Waals surface area contributed by atoms with Gasteiger partial charge in [0, 0.05) is 0 Å². The summed E-state index contributed by atoms with van der Waals surface area (Å²) in [5.74, 6) is -0.286. The van der Waals surface area contributed by atoms with E-state index in [2.05, 4.69) is 0 Å². The molecule has 76 valence electrons. The van der Waals surface area contributed by atoms with E-state index in [1.165, 1.54) is 12.7 Å². The van der Waals surface area contributed by atoms with Gasteiger partial charge < -0.3 is 4.74 Å². The van der Waals surface area contributed by atoms with Gasteiger partial charge in [-0.25, -0.2) is 4.79 Å². The molecule has 0 saturated heterocycles. The van der Waals surface area contributed by atoms with Gasteiger partial charge in [0.2, 0.25) is 0 Å². The van der Waals surface area contributed by atoms with Crippen molar-refractivity contribution in [3.8, 4) is 0 Å². The molecular weight excluding hydrogens is 188 g/mol. The van der Waals surface area contributed by atoms with Crippen LogP contribution in [0.3, 0.4) is 0 Å². The van der Waals surface area contributed by atoms with Crippen LogP contribution in [0.15, 0.2) is 36.4 Å². The number of methoxy groups -OCH3 is 1. The minimum Gasteiger partial charge on any atom is -0.465 e. The van der Waals surface area contributed by atoms with Gasteiger partial charge in [-0.2, -0.15) is 0 Å². The van der Waals surface area contributed by atoms with Crippen LogP contribution in [-0.4, -0.2) is 13.1 Å². The average Bonchev–Trinajstić information content (AvgIpc) is 2.29. The first-order valence-corrected chi connectivity index (χ1v) is 4.80. The van der Waals surface area contributed by atoms with Crippen LogP contribution in [0.25, 0.3) is 10.8 Å². The van der Waals surface area contributed by atoms with E-state index in [-0.39, 0.29) is 5.97 Å². The molecule has 0 aliphatic carbocycles. The van der Waals surface area contributed by atoms with Gasteiger partial charge in [0.05, 0.1) is 12.7 Å². The zero-order valence-electron chi connectivity index (χ0n) is 8.78. The molecule has 2 aromatic carbocycles. The molecule has 0 bridgehead atoms. The van der Waals surface area contributed by atoms with Crippen LogP contribution in [0.1, 0.15) is 15.9 Å². The van der Waals surface area contributed by atoms with Crippen LogP contribution in [-0.2, 0) is 4.74 Å². The number of ether oxygens (including phenoxy) is 1. The second-order valence-electron chi connectivity index (χ2n) is 3.47. The van der Waals surface area contributed by atoms with Crippen molar-refractivity contribution in [2.45, 2.75) is 6.92 Å². The van der Waals surface area contributed by atoms with Gasteiger partial charge in [0.15, 0.2) is 0 Å². The van der Waals surface area contributed by atoms with E-state index >= 15 is 0 Å². The topological polar surface area (TPSA) is 26.3 Å². The number of carbonyl (C=O) groups is 1. The zero-order valence-corrected chi connectivity index (χ0v) is 8.78. The Labute approximate surface area is 88.5 Å². The molecule has 0 fully saturated rings. The van der Waals surface area contributed by atoms with Crippen molar-refractivity contribution in [1.82, 2.24) is 0 Å². The molecule has 2 heteroatoms. The minimum atomic E-state index is -0.286. The average molecular weight is 200 g/mol. The van der Waals surface area contributed by atoms with E-state index in [0.29, 0.717) is 5.56 Å². The molecule has 0 heterocycles. The molecular formula is C13H12O2. The lowest BCUT2D eigenvalue weighted by Gasteiger charge is -2.06. The predicted molar refractivity (Wildman–Crippen MR) is 60.0 cm³/mol. The fourth-order valence-electron chi connectivity index (χ4n) is 1.74. The van der Waals surface area contributed by atoms with Crippen LogP contribution in [0.2, 0.25) is 0 Å². The van der Waals surface area contributed by atoms with E-state index in [1.807, 2.05) is 43.3 Å². The first kappa shape index (κ1) is 9.71. The van der Waals surface area contributed by atoms with Crippen LogP contribution in [0.5, 0.6) is 0 Å². The molecule has 0 aliphatic heterocycles. The van der Waals surface area contributed by atoms with Gasteiger partial charge >= 0.3 is 5.97 Å². The summed E-state index contributed by atoms with van der Waals surface area (Å²) in [6, 6.07) is 11.6. The highest BCUT2D eigenvalue weighted by Gasteiger charge is 2.10. The third-order valence-corrected chi connectivity index (χ3v) is 2.55. The summed E-state index contributed by atoms with van der Waals surface area (Å²) in [4.78, 5) is 11.5. The normalized spacial score (nSPS) is 10.3. The highest BCUT2D eigenvalue weighted by Crippen LogP contribution is 2.22. The number of hydrogen-bond donors (Lipinski definition) is 0. The first-order valence-electron chi connectivity index (χ1n) is 4.80. The Hall–Kier alpha value is -1.83. The molecule has 0 unspecified atom stereocenters. The smallest absolute Gasteiger partial charge is 0.338 e. The molecule has 2 rings (SSSR count). The lowest BCUT2D eigenvalue weighted by atomic mass is 10.0. The Morgan fingerprint density at radius 1 is 1.07 bits per heavy atom. The maximum atomic E-state index is 11.5. The maximum absolute atomic E-state index is 11.5. The molecule has 0 N–H and O–H groups in total. The van der Waals surface area contributed by atoms with Gasteiger partial charge in [0.25, 0.3) is 0 Å². The highest BCUT2D eigenvalue weighted by atomic mass is 16.5. The van der Waals surface area contributed by atoms with Crippen LogP contribution >= 0.6 is 0 Å². The quantitative estimate of drug-likeness (QED) is 0.661. The van der Waals surface area contributed by atoms with E-state index in [9.17, 15) is 4.79 Å². The lowest BCUT2D eigenvalue weighted by molar-refractivity contribution is 0.0603. The van der Waals surface area contributed by atoms with Crippen molar-refractivity contribution in [2.75, 3.05) is 7.11 Å². The summed E-state index contributed by atoms with van der Waals surface area (Å²) in [6.45, 7) is 2.03. The molecule has 2 nitrogen and oxygen atoms in total. The Kier molecular flexibility index (Phi) is 2.42. The Morgan fingerprint density at radius 2 is 1.73 bits per heavy atom. The Morgan fingerprint density at radius 3 is 2.40 bits per heavy atom. The largest absolute Gasteiger partial charge is 0.465 e. The number of rotatable bonds is 1. The zero-order chi connectivity index (χ0) is 10.8. The van der Waals surface area contributed by atoms with Crippen LogP contribution < -0.4 is 0 Å². The molecule has 0 saturated carbocycles. The summed E-state index contributed by atoms with van der Waals surface area (Å²) in [5.41, 5.74) is 1.79. The predicted octanol–water partition coefficient (Wildman–Crippen LogP) is 2.93. The van der Waals surface area contributed by atoms with Gasteiger partial charge in [-0.15, -0.1) is 0 Å². The second-order valence-corrected chi connectivity index (χ2v) is 3.47. The molecule has 15 heavy (non-hydrogen) atoms. The molecule has 0 radical (unpaired) electrons. The van der Waals surface area contributed by atoms with E-state index in [0.717, 1.165) is 10.8 Å². The number of carbonyl (C=O) groups excluding carboxylic acids is 1. The van der Waals surface area contributed by atoms with Crippen molar-refractivity contribution in [1.29, 1.82) is 0 Å². The molecule has 0 amide bonds. The number of fused-ring (bicyclic) bond motifs is 1. The molecule has 0 aromatic heterocycles. The second kappa shape index (κ2) is 3.73. The summed E-state index contributed by atoms with van der Waals surface area (Å²) in [6.07, 6.45) is 0. The number of aryl methyl sites for hydroxylation is 1. The van der Waals surface area contributed by atoms with Crippen molar-refractivity contribution in [3.05, 3.63) is 47.5 Å². The van der Waals surface area contributed by atoms with Crippen molar-refractivity contribution < 1.29 is 9.53 Å². The maximum Gasteiger partial charge on any atom is 0.338 e. The van der Waals surface area contributed by atoms with Crippen molar-refractivity contribution in [3.63, 3.8) is 0 Å². The van der Waals surface area contributed by atoms with Gasteiger partial charge in [-0.1, -0.05) is 30.3 Å². The molecule has 0 spiro atoms.